The van der Waals surface area contributed by atoms with Crippen LogP contribution in [0.3, 0.4) is 0 Å². The smallest absolute Gasteiger partial charge is 0.295 e. The number of hydrogen-bond acceptors (Lipinski definition) is 4. The molecule has 2 unspecified atom stereocenters. The van der Waals surface area contributed by atoms with Crippen LogP contribution < -0.4 is 0 Å². The van der Waals surface area contributed by atoms with E-state index in [0.29, 0.717) is 17.4 Å². The van der Waals surface area contributed by atoms with E-state index in [1.807, 2.05) is 4.58 Å². The molecule has 1 aromatic heterocycles. The van der Waals surface area contributed by atoms with Crippen molar-refractivity contribution in [2.24, 2.45) is 0 Å². The predicted octanol–water partition coefficient (Wildman–Crippen LogP) is 2.75. The Morgan fingerprint density at radius 2 is 2.32 bits per heavy atom. The van der Waals surface area contributed by atoms with Gasteiger partial charge in [-0.25, -0.2) is 9.56 Å². The van der Waals surface area contributed by atoms with E-state index in [1.165, 1.54) is 25.6 Å². The molecule has 0 bridgehead atoms. The molecule has 3 heterocycles. The molecule has 0 radical (unpaired) electrons. The van der Waals surface area contributed by atoms with Crippen molar-refractivity contribution in [2.75, 3.05) is 6.54 Å². The SMILES string of the molecule is C=[N+](c1nc(Cl)ncc1C#N)C1CC2CCCN2C(C)(C)C1. The predicted molar refractivity (Wildman–Crippen MR) is 85.6 cm³/mol. The zero-order valence-corrected chi connectivity index (χ0v) is 13.8. The molecule has 116 valence electrons. The summed E-state index contributed by atoms with van der Waals surface area (Å²) in [5.74, 6) is 0.537. The monoisotopic (exact) mass is 318 g/mol. The molecule has 3 rings (SSSR count). The quantitative estimate of drug-likeness (QED) is 0.478. The minimum atomic E-state index is 0.143. The van der Waals surface area contributed by atoms with Gasteiger partial charge in [0.25, 0.3) is 0 Å². The Hall–Kier alpha value is -1.51. The topological polar surface area (TPSA) is 55.8 Å². The normalized spacial score (nSPS) is 27.2. The summed E-state index contributed by atoms with van der Waals surface area (Å²) in [5, 5.41) is 9.43. The highest BCUT2D eigenvalue weighted by molar-refractivity contribution is 6.28. The lowest BCUT2D eigenvalue weighted by Crippen LogP contribution is -2.55. The zero-order valence-electron chi connectivity index (χ0n) is 13.1. The molecule has 2 fully saturated rings. The second kappa shape index (κ2) is 5.60. The standard InChI is InChI=1S/C16H21ClN5/c1-16(2)8-13(7-12-5-4-6-22(12)16)21(3)14-11(9-18)10-19-15(17)20-14/h10,12-13H,3-8H2,1-2H3/q+1. The third kappa shape index (κ3) is 2.62. The van der Waals surface area contributed by atoms with Crippen LogP contribution in [0.2, 0.25) is 5.28 Å². The molecule has 0 aliphatic carbocycles. The maximum Gasteiger partial charge on any atom is 0.346 e. The van der Waals surface area contributed by atoms with E-state index in [9.17, 15) is 5.26 Å². The first-order valence-electron chi connectivity index (χ1n) is 7.71. The third-order valence-electron chi connectivity index (χ3n) is 5.01. The minimum Gasteiger partial charge on any atom is -0.295 e. The van der Waals surface area contributed by atoms with Crippen molar-refractivity contribution in [2.45, 2.75) is 57.2 Å². The van der Waals surface area contributed by atoms with Gasteiger partial charge in [0.05, 0.1) is 12.9 Å². The van der Waals surface area contributed by atoms with Gasteiger partial charge in [-0.2, -0.15) is 5.26 Å². The molecular weight excluding hydrogens is 298 g/mol. The van der Waals surface area contributed by atoms with Crippen molar-refractivity contribution in [1.29, 1.82) is 5.26 Å². The molecule has 0 amide bonds. The van der Waals surface area contributed by atoms with Gasteiger partial charge in [-0.15, -0.1) is 0 Å². The Balaban J connectivity index is 1.90. The largest absolute Gasteiger partial charge is 0.346 e. The Bertz CT molecular complexity index is 648. The van der Waals surface area contributed by atoms with Crippen molar-refractivity contribution < 1.29 is 4.58 Å². The lowest BCUT2D eigenvalue weighted by molar-refractivity contribution is -0.491. The van der Waals surface area contributed by atoms with Gasteiger partial charge < -0.3 is 0 Å². The van der Waals surface area contributed by atoms with Crippen LogP contribution in [0.5, 0.6) is 0 Å². The van der Waals surface area contributed by atoms with Gasteiger partial charge in [-0.1, -0.05) is 0 Å². The highest BCUT2D eigenvalue weighted by atomic mass is 35.5. The summed E-state index contributed by atoms with van der Waals surface area (Å²) < 4.78 is 1.88. The van der Waals surface area contributed by atoms with E-state index in [0.717, 1.165) is 12.8 Å². The van der Waals surface area contributed by atoms with Crippen LogP contribution in [0.4, 0.5) is 5.82 Å². The van der Waals surface area contributed by atoms with Crippen molar-refractivity contribution in [3.05, 3.63) is 17.0 Å². The second-order valence-electron chi connectivity index (χ2n) is 6.85. The summed E-state index contributed by atoms with van der Waals surface area (Å²) in [4.78, 5) is 10.7. The van der Waals surface area contributed by atoms with Gasteiger partial charge in [0.1, 0.15) is 12.1 Å². The summed E-state index contributed by atoms with van der Waals surface area (Å²) >= 11 is 5.91. The van der Waals surface area contributed by atoms with Gasteiger partial charge in [-0.05, 0) is 49.8 Å². The maximum absolute atomic E-state index is 9.27. The highest BCUT2D eigenvalue weighted by Crippen LogP contribution is 2.39. The van der Waals surface area contributed by atoms with Crippen LogP contribution in [-0.2, 0) is 0 Å². The number of nitriles is 1. The summed E-state index contributed by atoms with van der Waals surface area (Å²) in [6, 6.07) is 2.99. The van der Waals surface area contributed by atoms with E-state index >= 15 is 0 Å². The number of rotatable bonds is 2. The number of halogens is 1. The lowest BCUT2D eigenvalue weighted by Gasteiger charge is -2.46. The fourth-order valence-electron chi connectivity index (χ4n) is 4.03. The Labute approximate surface area is 136 Å². The van der Waals surface area contributed by atoms with E-state index in [-0.39, 0.29) is 16.9 Å². The second-order valence-corrected chi connectivity index (χ2v) is 7.19. The first-order valence-corrected chi connectivity index (χ1v) is 8.09. The van der Waals surface area contributed by atoms with Crippen molar-refractivity contribution >= 4 is 24.1 Å². The van der Waals surface area contributed by atoms with Gasteiger partial charge >= 0.3 is 11.1 Å². The third-order valence-corrected chi connectivity index (χ3v) is 5.19. The van der Waals surface area contributed by atoms with Crippen LogP contribution >= 0.6 is 11.6 Å². The van der Waals surface area contributed by atoms with Crippen molar-refractivity contribution in [3.63, 3.8) is 0 Å². The molecule has 2 aliphatic heterocycles. The van der Waals surface area contributed by atoms with Crippen molar-refractivity contribution in [1.82, 2.24) is 14.9 Å². The fourth-order valence-corrected chi connectivity index (χ4v) is 4.16. The molecule has 2 saturated heterocycles. The lowest BCUT2D eigenvalue weighted by atomic mass is 9.83. The Morgan fingerprint density at radius 3 is 3.05 bits per heavy atom. The van der Waals surface area contributed by atoms with Crippen LogP contribution in [0.25, 0.3) is 0 Å². The molecule has 22 heavy (non-hydrogen) atoms. The molecule has 6 heteroatoms. The summed E-state index contributed by atoms with van der Waals surface area (Å²) in [5.41, 5.74) is 0.565. The molecule has 0 N–H and O–H groups in total. The molecule has 0 aromatic carbocycles. The molecular formula is C16H21ClN5+. The molecule has 2 atom stereocenters. The van der Waals surface area contributed by atoms with E-state index in [1.54, 1.807) is 0 Å². The number of fused-ring (bicyclic) bond motifs is 1. The van der Waals surface area contributed by atoms with Gasteiger partial charge in [0, 0.05) is 24.4 Å². The molecule has 5 nitrogen and oxygen atoms in total. The van der Waals surface area contributed by atoms with Crippen LogP contribution in [0.1, 0.15) is 45.1 Å². The average molecular weight is 319 g/mol. The maximum atomic E-state index is 9.27. The van der Waals surface area contributed by atoms with E-state index < -0.39 is 0 Å². The summed E-state index contributed by atoms with van der Waals surface area (Å²) in [6.07, 6.45) is 6.03. The van der Waals surface area contributed by atoms with Gasteiger partial charge in [-0.3, -0.25) is 4.90 Å². The van der Waals surface area contributed by atoms with Gasteiger partial charge in [0.2, 0.25) is 0 Å². The number of piperidine rings is 1. The van der Waals surface area contributed by atoms with Crippen LogP contribution in [0.15, 0.2) is 6.20 Å². The highest BCUT2D eigenvalue weighted by Gasteiger charge is 2.45. The molecule has 0 spiro atoms. The van der Waals surface area contributed by atoms with Crippen LogP contribution in [0, 0.1) is 11.3 Å². The van der Waals surface area contributed by atoms with E-state index in [4.69, 9.17) is 11.6 Å². The van der Waals surface area contributed by atoms with Crippen molar-refractivity contribution in [3.8, 4) is 6.07 Å². The minimum absolute atomic E-state index is 0.143. The number of hydrogen-bond donors (Lipinski definition) is 0. The molecule has 0 saturated carbocycles. The number of aromatic nitrogens is 2. The molecule has 2 aliphatic rings. The summed E-state index contributed by atoms with van der Waals surface area (Å²) in [6.45, 7) is 9.95. The first-order chi connectivity index (χ1) is 10.4. The zero-order chi connectivity index (χ0) is 15.9. The Kier molecular flexibility index (Phi) is 3.92. The first kappa shape index (κ1) is 15.4. The summed E-state index contributed by atoms with van der Waals surface area (Å²) in [7, 11) is 0. The van der Waals surface area contributed by atoms with Gasteiger partial charge in [0.15, 0.2) is 5.56 Å². The Morgan fingerprint density at radius 1 is 1.55 bits per heavy atom. The van der Waals surface area contributed by atoms with E-state index in [2.05, 4.69) is 41.5 Å². The number of nitrogens with zero attached hydrogens (tertiary/aromatic N) is 5. The molecule has 1 aromatic rings. The average Bonchev–Trinajstić information content (AvgIpc) is 2.95. The fraction of sp³-hybridized carbons (Fsp3) is 0.625. The van der Waals surface area contributed by atoms with Crippen LogP contribution in [-0.4, -0.2) is 50.3 Å².